The van der Waals surface area contributed by atoms with Gasteiger partial charge in [0, 0.05) is 24.6 Å². The van der Waals surface area contributed by atoms with Crippen molar-refractivity contribution < 1.29 is 13.2 Å². The molecule has 0 spiro atoms. The Labute approximate surface area is 85.3 Å². The molecule has 0 amide bonds. The first-order chi connectivity index (χ1) is 6.64. The maximum atomic E-state index is 11.0. The van der Waals surface area contributed by atoms with E-state index in [1.54, 1.807) is 6.08 Å². The van der Waals surface area contributed by atoms with E-state index in [0.29, 0.717) is 13.2 Å². The molecular formula is C9H17NO3S. The van der Waals surface area contributed by atoms with Crippen molar-refractivity contribution in [2.24, 2.45) is 0 Å². The molecule has 0 saturated carbocycles. The molecule has 0 fully saturated rings. The van der Waals surface area contributed by atoms with Crippen molar-refractivity contribution >= 4 is 9.84 Å². The fourth-order valence-corrected chi connectivity index (χ4v) is 2.54. The number of hydrogen-bond acceptors (Lipinski definition) is 4. The minimum atomic E-state index is -2.93. The van der Waals surface area contributed by atoms with Gasteiger partial charge in [0.25, 0.3) is 0 Å². The van der Waals surface area contributed by atoms with Crippen LogP contribution in [0.1, 0.15) is 13.3 Å². The Morgan fingerprint density at radius 2 is 2.29 bits per heavy atom. The van der Waals surface area contributed by atoms with Crippen LogP contribution < -0.4 is 5.32 Å². The molecule has 1 aliphatic rings. The fourth-order valence-electron chi connectivity index (χ4n) is 1.27. The SMILES string of the molecule is CCCOCCNC1C=CS(=O)(=O)C1. The predicted octanol–water partition coefficient (Wildman–Crippen LogP) is 0.313. The average Bonchev–Trinajstić information content (AvgIpc) is 2.45. The van der Waals surface area contributed by atoms with E-state index in [1.807, 2.05) is 0 Å². The van der Waals surface area contributed by atoms with E-state index in [2.05, 4.69) is 12.2 Å². The summed E-state index contributed by atoms with van der Waals surface area (Å²) in [5.41, 5.74) is 0. The predicted molar refractivity (Wildman–Crippen MR) is 55.8 cm³/mol. The number of rotatable bonds is 6. The zero-order chi connectivity index (χ0) is 10.4. The van der Waals surface area contributed by atoms with Gasteiger partial charge in [-0.25, -0.2) is 8.42 Å². The zero-order valence-corrected chi connectivity index (χ0v) is 9.22. The van der Waals surface area contributed by atoms with Crippen LogP contribution in [0.5, 0.6) is 0 Å². The zero-order valence-electron chi connectivity index (χ0n) is 8.40. The van der Waals surface area contributed by atoms with Crippen molar-refractivity contribution in [3.63, 3.8) is 0 Å². The highest BCUT2D eigenvalue weighted by Crippen LogP contribution is 2.07. The van der Waals surface area contributed by atoms with Crippen molar-refractivity contribution in [1.29, 1.82) is 0 Å². The molecule has 1 rings (SSSR count). The minimum absolute atomic E-state index is 0.0368. The maximum absolute atomic E-state index is 11.0. The summed E-state index contributed by atoms with van der Waals surface area (Å²) < 4.78 is 27.3. The van der Waals surface area contributed by atoms with Gasteiger partial charge in [0.2, 0.25) is 0 Å². The number of sulfone groups is 1. The van der Waals surface area contributed by atoms with E-state index in [-0.39, 0.29) is 11.8 Å². The van der Waals surface area contributed by atoms with E-state index in [0.717, 1.165) is 13.0 Å². The highest BCUT2D eigenvalue weighted by atomic mass is 32.2. The van der Waals surface area contributed by atoms with E-state index in [9.17, 15) is 8.42 Å². The lowest BCUT2D eigenvalue weighted by Crippen LogP contribution is -2.32. The van der Waals surface area contributed by atoms with Crippen LogP contribution in [-0.4, -0.2) is 40.0 Å². The Bertz CT molecular complexity index is 284. The first-order valence-corrected chi connectivity index (χ1v) is 6.57. The molecule has 0 aromatic rings. The summed E-state index contributed by atoms with van der Waals surface area (Å²) in [6.07, 6.45) is 2.70. The van der Waals surface area contributed by atoms with E-state index in [4.69, 9.17) is 4.74 Å². The van der Waals surface area contributed by atoms with Crippen LogP contribution in [0.25, 0.3) is 0 Å². The van der Waals surface area contributed by atoms with Crippen molar-refractivity contribution in [2.75, 3.05) is 25.5 Å². The van der Waals surface area contributed by atoms with Crippen molar-refractivity contribution in [2.45, 2.75) is 19.4 Å². The summed E-state index contributed by atoms with van der Waals surface area (Å²) in [6.45, 7) is 4.16. The Hall–Kier alpha value is -0.390. The molecular weight excluding hydrogens is 202 g/mol. The molecule has 1 unspecified atom stereocenters. The van der Waals surface area contributed by atoms with Crippen LogP contribution in [0, 0.1) is 0 Å². The van der Waals surface area contributed by atoms with Crippen LogP contribution in [0.4, 0.5) is 0 Å². The van der Waals surface area contributed by atoms with Crippen molar-refractivity contribution in [1.82, 2.24) is 5.32 Å². The molecule has 82 valence electrons. The molecule has 14 heavy (non-hydrogen) atoms. The van der Waals surface area contributed by atoms with Gasteiger partial charge >= 0.3 is 0 Å². The molecule has 4 nitrogen and oxygen atoms in total. The van der Waals surface area contributed by atoms with Crippen LogP contribution in [0.3, 0.4) is 0 Å². The van der Waals surface area contributed by atoms with Crippen LogP contribution in [0.15, 0.2) is 11.5 Å². The van der Waals surface area contributed by atoms with Gasteiger partial charge in [-0.2, -0.15) is 0 Å². The maximum Gasteiger partial charge on any atom is 0.173 e. The Kier molecular flexibility index (Phi) is 4.57. The van der Waals surface area contributed by atoms with Gasteiger partial charge in [-0.3, -0.25) is 0 Å². The topological polar surface area (TPSA) is 55.4 Å². The molecule has 0 aromatic carbocycles. The summed E-state index contributed by atoms with van der Waals surface area (Å²) in [6, 6.07) is -0.0368. The smallest absolute Gasteiger partial charge is 0.173 e. The van der Waals surface area contributed by atoms with Gasteiger partial charge in [-0.1, -0.05) is 13.0 Å². The summed E-state index contributed by atoms with van der Waals surface area (Å²) >= 11 is 0. The third kappa shape index (κ3) is 4.21. The second-order valence-electron chi connectivity index (χ2n) is 3.33. The first-order valence-electron chi connectivity index (χ1n) is 4.86. The molecule has 1 heterocycles. The highest BCUT2D eigenvalue weighted by Gasteiger charge is 2.20. The molecule has 0 bridgehead atoms. The molecule has 1 N–H and O–H groups in total. The lowest BCUT2D eigenvalue weighted by atomic mass is 10.3. The lowest BCUT2D eigenvalue weighted by molar-refractivity contribution is 0.136. The molecule has 0 saturated heterocycles. The van der Waals surface area contributed by atoms with Crippen LogP contribution >= 0.6 is 0 Å². The van der Waals surface area contributed by atoms with E-state index < -0.39 is 9.84 Å². The molecule has 0 aliphatic carbocycles. The van der Waals surface area contributed by atoms with Crippen molar-refractivity contribution in [3.05, 3.63) is 11.5 Å². The van der Waals surface area contributed by atoms with Crippen LogP contribution in [-0.2, 0) is 14.6 Å². The number of nitrogens with one attached hydrogen (secondary N) is 1. The second kappa shape index (κ2) is 5.48. The second-order valence-corrected chi connectivity index (χ2v) is 5.26. The Morgan fingerprint density at radius 3 is 2.86 bits per heavy atom. The largest absolute Gasteiger partial charge is 0.380 e. The van der Waals surface area contributed by atoms with Gasteiger partial charge < -0.3 is 10.1 Å². The third-order valence-electron chi connectivity index (χ3n) is 1.93. The van der Waals surface area contributed by atoms with Gasteiger partial charge in [0.1, 0.15) is 0 Å². The summed E-state index contributed by atoms with van der Waals surface area (Å²) in [7, 11) is -2.93. The molecule has 1 aliphatic heterocycles. The standard InChI is InChI=1S/C9H17NO3S/c1-2-5-13-6-4-10-9-3-7-14(11,12)8-9/h3,7,9-10H,2,4-6,8H2,1H3. The summed E-state index contributed by atoms with van der Waals surface area (Å²) in [4.78, 5) is 0. The Balaban J connectivity index is 2.07. The highest BCUT2D eigenvalue weighted by molar-refractivity contribution is 7.94. The van der Waals surface area contributed by atoms with Gasteiger partial charge in [-0.05, 0) is 6.42 Å². The summed E-state index contributed by atoms with van der Waals surface area (Å²) in [5.74, 6) is 0.181. The van der Waals surface area contributed by atoms with Crippen LogP contribution in [0.2, 0.25) is 0 Å². The number of ether oxygens (including phenoxy) is 1. The minimum Gasteiger partial charge on any atom is -0.380 e. The fraction of sp³-hybridized carbons (Fsp3) is 0.778. The van der Waals surface area contributed by atoms with Gasteiger partial charge in [0.15, 0.2) is 9.84 Å². The average molecular weight is 219 g/mol. The van der Waals surface area contributed by atoms with Gasteiger partial charge in [-0.15, -0.1) is 0 Å². The van der Waals surface area contributed by atoms with Gasteiger partial charge in [0.05, 0.1) is 12.4 Å². The Morgan fingerprint density at radius 1 is 1.50 bits per heavy atom. The summed E-state index contributed by atoms with van der Waals surface area (Å²) in [5, 5.41) is 4.38. The van der Waals surface area contributed by atoms with E-state index >= 15 is 0 Å². The van der Waals surface area contributed by atoms with Crippen molar-refractivity contribution in [3.8, 4) is 0 Å². The molecule has 0 aromatic heterocycles. The number of hydrogen-bond donors (Lipinski definition) is 1. The monoisotopic (exact) mass is 219 g/mol. The first kappa shape index (κ1) is 11.7. The van der Waals surface area contributed by atoms with E-state index in [1.165, 1.54) is 5.41 Å². The normalized spacial score (nSPS) is 24.2. The quantitative estimate of drug-likeness (QED) is 0.653. The molecule has 5 heteroatoms. The molecule has 1 atom stereocenters. The lowest BCUT2D eigenvalue weighted by Gasteiger charge is -2.09. The molecule has 0 radical (unpaired) electrons. The third-order valence-corrected chi connectivity index (χ3v) is 3.33.